The van der Waals surface area contributed by atoms with Crippen molar-refractivity contribution in [2.24, 2.45) is 0 Å². The molecule has 1 atom stereocenters. The number of carbonyl (C=O) groups excluding carboxylic acids is 1. The Balaban J connectivity index is 0.00000210. The minimum absolute atomic E-state index is 0. The number of nitrogens with zero attached hydrogens (tertiary/aromatic N) is 2. The van der Waals surface area contributed by atoms with Crippen LogP contribution in [-0.4, -0.2) is 40.1 Å². The number of nitrogens with one attached hydrogen (secondary N) is 2. The summed E-state index contributed by atoms with van der Waals surface area (Å²) >= 11 is 6.08. The molecule has 1 aromatic heterocycles. The number of rotatable bonds is 6. The zero-order valence-electron chi connectivity index (χ0n) is 15.8. The molecule has 0 aliphatic carbocycles. The molecule has 1 saturated heterocycles. The van der Waals surface area contributed by atoms with Crippen molar-refractivity contribution in [3.63, 3.8) is 0 Å². The molecule has 1 fully saturated rings. The van der Waals surface area contributed by atoms with Crippen molar-refractivity contribution in [3.8, 4) is 0 Å². The number of halogens is 3. The number of aromatic nitrogens is 1. The molecule has 29 heavy (non-hydrogen) atoms. The fourth-order valence-corrected chi connectivity index (χ4v) is 3.43. The smallest absolute Gasteiger partial charge is 0.267 e. The maximum atomic E-state index is 11.0. The van der Waals surface area contributed by atoms with Gasteiger partial charge in [-0.1, -0.05) is 23.7 Å². The van der Waals surface area contributed by atoms with E-state index >= 15 is 0 Å². The van der Waals surface area contributed by atoms with Crippen molar-refractivity contribution in [3.05, 3.63) is 64.8 Å². The van der Waals surface area contributed by atoms with Crippen LogP contribution in [-0.2, 0) is 11.3 Å². The number of anilines is 1. The number of hydrogen-bond acceptors (Lipinski definition) is 5. The molecule has 1 aromatic carbocycles. The fraction of sp³-hybridized carbons (Fsp3) is 0.300. The number of hydroxylamine groups is 1. The summed E-state index contributed by atoms with van der Waals surface area (Å²) in [7, 11) is 0. The zero-order chi connectivity index (χ0) is 19.1. The SMILES string of the molecule is Cl.Cl.O=C(/C=C/c1ccc(N[C@@H]2CCCN(Cc3cccc(Cl)c3)C2)nc1)NO. The van der Waals surface area contributed by atoms with Gasteiger partial charge >= 0.3 is 0 Å². The van der Waals surface area contributed by atoms with Gasteiger partial charge in [-0.05, 0) is 60.9 Å². The summed E-state index contributed by atoms with van der Waals surface area (Å²) in [6.45, 7) is 2.92. The van der Waals surface area contributed by atoms with E-state index in [2.05, 4.69) is 21.3 Å². The highest BCUT2D eigenvalue weighted by Gasteiger charge is 2.20. The van der Waals surface area contributed by atoms with E-state index in [1.54, 1.807) is 17.8 Å². The normalized spacial score (nSPS) is 16.6. The lowest BCUT2D eigenvalue weighted by Crippen LogP contribution is -2.41. The van der Waals surface area contributed by atoms with Gasteiger partial charge in [-0.3, -0.25) is 14.9 Å². The molecule has 1 amide bonds. The summed E-state index contributed by atoms with van der Waals surface area (Å²) in [6, 6.07) is 12.1. The molecule has 0 saturated carbocycles. The number of piperidine rings is 1. The standard InChI is InChI=1S/C20H23ClN4O2.2ClH/c21-17-4-1-3-16(11-17)13-25-10-2-5-18(14-25)23-19-8-6-15(12-22-19)7-9-20(26)24-27;;/h1,3-4,6-9,11-12,18,27H,2,5,10,13-14H2,(H,22,23)(H,24,26);2*1H/b9-7+;;/t18-;;/m1../s1. The monoisotopic (exact) mass is 458 g/mol. The van der Waals surface area contributed by atoms with Gasteiger partial charge in [0.2, 0.25) is 0 Å². The minimum Gasteiger partial charge on any atom is -0.366 e. The summed E-state index contributed by atoms with van der Waals surface area (Å²) in [5, 5.41) is 12.7. The Bertz CT molecular complexity index is 803. The first-order valence-corrected chi connectivity index (χ1v) is 9.32. The van der Waals surface area contributed by atoms with Crippen molar-refractivity contribution in [2.45, 2.75) is 25.4 Å². The van der Waals surface area contributed by atoms with Gasteiger partial charge in [0, 0.05) is 36.4 Å². The van der Waals surface area contributed by atoms with Crippen molar-refractivity contribution in [1.82, 2.24) is 15.4 Å². The molecule has 0 radical (unpaired) electrons. The Kier molecular flexibility index (Phi) is 11.0. The van der Waals surface area contributed by atoms with Crippen LogP contribution in [0.4, 0.5) is 5.82 Å². The van der Waals surface area contributed by atoms with Gasteiger partial charge in [0.1, 0.15) is 5.82 Å². The molecule has 1 aliphatic rings. The Morgan fingerprint density at radius 3 is 2.83 bits per heavy atom. The molecule has 0 bridgehead atoms. The summed E-state index contributed by atoms with van der Waals surface area (Å²) < 4.78 is 0. The lowest BCUT2D eigenvalue weighted by Gasteiger charge is -2.33. The molecular weight excluding hydrogens is 435 g/mol. The number of likely N-dealkylation sites (tertiary alicyclic amines) is 1. The van der Waals surface area contributed by atoms with Gasteiger partial charge in [-0.25, -0.2) is 10.5 Å². The van der Waals surface area contributed by atoms with Gasteiger partial charge in [-0.15, -0.1) is 24.8 Å². The second-order valence-corrected chi connectivity index (χ2v) is 7.07. The Morgan fingerprint density at radius 2 is 2.14 bits per heavy atom. The molecular formula is C20H25Cl3N4O2. The molecule has 0 spiro atoms. The average molecular weight is 460 g/mol. The highest BCUT2D eigenvalue weighted by atomic mass is 35.5. The largest absolute Gasteiger partial charge is 0.366 e. The summed E-state index contributed by atoms with van der Waals surface area (Å²) in [6.07, 6.45) is 6.77. The van der Waals surface area contributed by atoms with E-state index < -0.39 is 5.91 Å². The third kappa shape index (κ3) is 8.20. The molecule has 1 aliphatic heterocycles. The van der Waals surface area contributed by atoms with Crippen LogP contribution in [0.25, 0.3) is 6.08 Å². The van der Waals surface area contributed by atoms with Crippen LogP contribution >= 0.6 is 36.4 Å². The van der Waals surface area contributed by atoms with Crippen LogP contribution < -0.4 is 10.8 Å². The second-order valence-electron chi connectivity index (χ2n) is 6.63. The van der Waals surface area contributed by atoms with E-state index in [1.165, 1.54) is 11.6 Å². The highest BCUT2D eigenvalue weighted by Crippen LogP contribution is 2.19. The van der Waals surface area contributed by atoms with Crippen LogP contribution in [0, 0.1) is 0 Å². The van der Waals surface area contributed by atoms with E-state index in [0.717, 1.165) is 48.9 Å². The molecule has 2 heterocycles. The minimum atomic E-state index is -0.570. The van der Waals surface area contributed by atoms with E-state index in [4.69, 9.17) is 16.8 Å². The molecule has 3 N–H and O–H groups in total. The van der Waals surface area contributed by atoms with E-state index in [0.29, 0.717) is 6.04 Å². The van der Waals surface area contributed by atoms with Crippen LogP contribution in [0.5, 0.6) is 0 Å². The van der Waals surface area contributed by atoms with Crippen molar-refractivity contribution < 1.29 is 10.0 Å². The molecule has 0 unspecified atom stereocenters. The number of carbonyl (C=O) groups is 1. The summed E-state index contributed by atoms with van der Waals surface area (Å²) in [5.41, 5.74) is 3.57. The molecule has 2 aromatic rings. The van der Waals surface area contributed by atoms with E-state index in [1.807, 2.05) is 30.3 Å². The number of benzene rings is 1. The molecule has 3 rings (SSSR count). The van der Waals surface area contributed by atoms with Crippen LogP contribution in [0.3, 0.4) is 0 Å². The quantitative estimate of drug-likeness (QED) is 0.343. The number of pyridine rings is 1. The van der Waals surface area contributed by atoms with E-state index in [9.17, 15) is 4.79 Å². The number of hydrogen-bond donors (Lipinski definition) is 3. The third-order valence-electron chi connectivity index (χ3n) is 4.48. The lowest BCUT2D eigenvalue weighted by atomic mass is 10.0. The van der Waals surface area contributed by atoms with Crippen molar-refractivity contribution in [2.75, 3.05) is 18.4 Å². The first-order chi connectivity index (χ1) is 13.1. The van der Waals surface area contributed by atoms with Crippen LogP contribution in [0.1, 0.15) is 24.0 Å². The van der Waals surface area contributed by atoms with Crippen LogP contribution in [0.2, 0.25) is 5.02 Å². The summed E-state index contributed by atoms with van der Waals surface area (Å²) in [5.74, 6) is 0.243. The zero-order valence-corrected chi connectivity index (χ0v) is 18.1. The van der Waals surface area contributed by atoms with Gasteiger partial charge in [0.05, 0.1) is 0 Å². The average Bonchev–Trinajstić information content (AvgIpc) is 2.67. The first-order valence-electron chi connectivity index (χ1n) is 8.94. The van der Waals surface area contributed by atoms with Gasteiger partial charge in [0.15, 0.2) is 0 Å². The Hall–Kier alpha value is -1.83. The fourth-order valence-electron chi connectivity index (χ4n) is 3.22. The maximum absolute atomic E-state index is 11.0. The lowest BCUT2D eigenvalue weighted by molar-refractivity contribution is -0.124. The van der Waals surface area contributed by atoms with Gasteiger partial charge in [0.25, 0.3) is 5.91 Å². The Morgan fingerprint density at radius 1 is 1.31 bits per heavy atom. The molecule has 158 valence electrons. The second kappa shape index (κ2) is 12.7. The molecule has 9 heteroatoms. The third-order valence-corrected chi connectivity index (χ3v) is 4.71. The highest BCUT2D eigenvalue weighted by molar-refractivity contribution is 6.30. The van der Waals surface area contributed by atoms with Crippen molar-refractivity contribution >= 4 is 54.2 Å². The molecule has 6 nitrogen and oxygen atoms in total. The van der Waals surface area contributed by atoms with Crippen molar-refractivity contribution in [1.29, 1.82) is 0 Å². The predicted molar refractivity (Wildman–Crippen MR) is 121 cm³/mol. The van der Waals surface area contributed by atoms with Crippen LogP contribution in [0.15, 0.2) is 48.7 Å². The van der Waals surface area contributed by atoms with Gasteiger partial charge < -0.3 is 5.32 Å². The topological polar surface area (TPSA) is 77.5 Å². The summed E-state index contributed by atoms with van der Waals surface area (Å²) in [4.78, 5) is 17.8. The first kappa shape index (κ1) is 25.2. The Labute approximate surface area is 188 Å². The predicted octanol–water partition coefficient (Wildman–Crippen LogP) is 4.17. The maximum Gasteiger partial charge on any atom is 0.267 e. The number of amides is 1. The van der Waals surface area contributed by atoms with Gasteiger partial charge in [-0.2, -0.15) is 0 Å². The van der Waals surface area contributed by atoms with E-state index in [-0.39, 0.29) is 24.8 Å².